The van der Waals surface area contributed by atoms with E-state index in [9.17, 15) is 9.59 Å². The Morgan fingerprint density at radius 1 is 1.71 bits per heavy atom. The van der Waals surface area contributed by atoms with Crippen LogP contribution in [0.5, 0.6) is 0 Å². The van der Waals surface area contributed by atoms with Crippen molar-refractivity contribution in [1.82, 2.24) is 9.97 Å². The van der Waals surface area contributed by atoms with Gasteiger partial charge in [0, 0.05) is 19.4 Å². The zero-order valence-electron chi connectivity index (χ0n) is 7.89. The number of likely N-dealkylation sites (N-methyl/N-ethyl adjacent to an activating group) is 1. The molecule has 0 aliphatic carbocycles. The maximum absolute atomic E-state index is 11.2. The third-order valence-corrected chi connectivity index (χ3v) is 1.96. The van der Waals surface area contributed by atoms with Gasteiger partial charge in [0.1, 0.15) is 6.04 Å². The number of carbonyl (C=O) groups is 1. The van der Waals surface area contributed by atoms with E-state index < -0.39 is 17.6 Å². The number of hydrogen-bond acceptors (Lipinski definition) is 4. The summed E-state index contributed by atoms with van der Waals surface area (Å²) in [6.45, 7) is 1.48. The van der Waals surface area contributed by atoms with Crippen LogP contribution in [0.3, 0.4) is 0 Å². The van der Waals surface area contributed by atoms with Crippen LogP contribution in [0.4, 0.5) is 5.82 Å². The Kier molecular flexibility index (Phi) is 2.85. The van der Waals surface area contributed by atoms with Crippen LogP contribution in [-0.4, -0.2) is 34.1 Å². The Morgan fingerprint density at radius 3 is 2.86 bits per heavy atom. The van der Waals surface area contributed by atoms with Crippen molar-refractivity contribution in [1.29, 1.82) is 0 Å². The van der Waals surface area contributed by atoms with Gasteiger partial charge in [-0.25, -0.2) is 9.78 Å². The van der Waals surface area contributed by atoms with Gasteiger partial charge in [-0.3, -0.25) is 4.79 Å². The normalized spacial score (nSPS) is 12.1. The van der Waals surface area contributed by atoms with Crippen molar-refractivity contribution in [2.45, 2.75) is 13.0 Å². The average molecular weight is 197 g/mol. The first kappa shape index (κ1) is 10.2. The lowest BCUT2D eigenvalue weighted by molar-refractivity contribution is -0.138. The van der Waals surface area contributed by atoms with Crippen LogP contribution in [0.2, 0.25) is 0 Å². The molecule has 1 unspecified atom stereocenters. The van der Waals surface area contributed by atoms with Crippen LogP contribution < -0.4 is 10.5 Å². The Hall–Kier alpha value is -1.85. The van der Waals surface area contributed by atoms with Gasteiger partial charge in [0.05, 0.1) is 0 Å². The maximum Gasteiger partial charge on any atom is 0.326 e. The molecule has 0 radical (unpaired) electrons. The molecule has 0 aromatic carbocycles. The van der Waals surface area contributed by atoms with Gasteiger partial charge in [-0.2, -0.15) is 0 Å². The Balaban J connectivity index is 3.01. The summed E-state index contributed by atoms with van der Waals surface area (Å²) in [5, 5.41) is 8.72. The molecule has 0 saturated heterocycles. The lowest BCUT2D eigenvalue weighted by Gasteiger charge is -2.20. The summed E-state index contributed by atoms with van der Waals surface area (Å²) in [5.74, 6) is -0.903. The summed E-state index contributed by atoms with van der Waals surface area (Å²) in [4.78, 5) is 29.4. The van der Waals surface area contributed by atoms with Gasteiger partial charge in [0.25, 0.3) is 5.56 Å². The fraction of sp³-hybridized carbons (Fsp3) is 0.375. The summed E-state index contributed by atoms with van der Waals surface area (Å²) in [6, 6.07) is -0.786. The van der Waals surface area contributed by atoms with Crippen molar-refractivity contribution in [3.63, 3.8) is 0 Å². The van der Waals surface area contributed by atoms with Gasteiger partial charge >= 0.3 is 5.97 Å². The zero-order valence-corrected chi connectivity index (χ0v) is 7.89. The summed E-state index contributed by atoms with van der Waals surface area (Å²) < 4.78 is 0. The van der Waals surface area contributed by atoms with Crippen LogP contribution >= 0.6 is 0 Å². The predicted molar refractivity (Wildman–Crippen MR) is 50.4 cm³/mol. The van der Waals surface area contributed by atoms with Crippen molar-refractivity contribution in [3.8, 4) is 0 Å². The standard InChI is InChI=1S/C8H11N3O3/c1-5(8(13)14)11(2)6-7(12)10-4-3-9-6/h3-5H,1-2H3,(H,10,12)(H,13,14). The lowest BCUT2D eigenvalue weighted by atomic mass is 10.3. The molecule has 2 N–H and O–H groups in total. The number of nitrogens with one attached hydrogen (secondary N) is 1. The van der Waals surface area contributed by atoms with E-state index in [1.54, 1.807) is 0 Å². The highest BCUT2D eigenvalue weighted by Gasteiger charge is 2.19. The van der Waals surface area contributed by atoms with Crippen molar-refractivity contribution in [2.24, 2.45) is 0 Å². The summed E-state index contributed by atoms with van der Waals surface area (Å²) in [5.41, 5.74) is -0.400. The van der Waals surface area contributed by atoms with Crippen LogP contribution in [0, 0.1) is 0 Å². The summed E-state index contributed by atoms with van der Waals surface area (Å²) in [7, 11) is 1.51. The molecule has 1 aromatic heterocycles. The molecule has 6 heteroatoms. The van der Waals surface area contributed by atoms with Crippen molar-refractivity contribution < 1.29 is 9.90 Å². The van der Waals surface area contributed by atoms with E-state index in [4.69, 9.17) is 5.11 Å². The number of nitrogens with zero attached hydrogens (tertiary/aromatic N) is 2. The van der Waals surface area contributed by atoms with Gasteiger partial charge in [0.2, 0.25) is 0 Å². The number of carboxylic acid groups (broad SMARTS) is 1. The molecule has 0 spiro atoms. The van der Waals surface area contributed by atoms with Crippen LogP contribution in [-0.2, 0) is 4.79 Å². The van der Waals surface area contributed by atoms with Gasteiger partial charge in [-0.15, -0.1) is 0 Å². The van der Waals surface area contributed by atoms with E-state index in [2.05, 4.69) is 9.97 Å². The third kappa shape index (κ3) is 1.90. The molecule has 14 heavy (non-hydrogen) atoms. The van der Waals surface area contributed by atoms with E-state index in [0.29, 0.717) is 0 Å². The molecular formula is C8H11N3O3. The molecule has 0 aliphatic heterocycles. The van der Waals surface area contributed by atoms with E-state index in [1.165, 1.54) is 31.3 Å². The largest absolute Gasteiger partial charge is 0.480 e. The Morgan fingerprint density at radius 2 is 2.36 bits per heavy atom. The van der Waals surface area contributed by atoms with Gasteiger partial charge < -0.3 is 15.0 Å². The predicted octanol–water partition coefficient (Wildman–Crippen LogP) is -0.321. The smallest absolute Gasteiger partial charge is 0.326 e. The maximum atomic E-state index is 11.2. The number of hydrogen-bond donors (Lipinski definition) is 2. The third-order valence-electron chi connectivity index (χ3n) is 1.96. The number of aromatic nitrogens is 2. The monoisotopic (exact) mass is 197 g/mol. The number of carboxylic acids is 1. The number of aliphatic carboxylic acids is 1. The minimum absolute atomic E-state index is 0.0994. The second-order valence-corrected chi connectivity index (χ2v) is 2.87. The molecule has 0 bridgehead atoms. The number of anilines is 1. The van der Waals surface area contributed by atoms with Crippen LogP contribution in [0.1, 0.15) is 6.92 Å². The lowest BCUT2D eigenvalue weighted by Crippen LogP contribution is -2.39. The SMILES string of the molecule is CC(C(=O)O)N(C)c1ncc[nH]c1=O. The highest BCUT2D eigenvalue weighted by Crippen LogP contribution is 2.04. The fourth-order valence-electron chi connectivity index (χ4n) is 0.944. The molecule has 76 valence electrons. The zero-order chi connectivity index (χ0) is 10.7. The van der Waals surface area contributed by atoms with E-state index in [0.717, 1.165) is 0 Å². The second kappa shape index (κ2) is 3.91. The first-order valence-corrected chi connectivity index (χ1v) is 4.03. The van der Waals surface area contributed by atoms with Crippen molar-refractivity contribution in [3.05, 3.63) is 22.7 Å². The van der Waals surface area contributed by atoms with Crippen LogP contribution in [0.25, 0.3) is 0 Å². The minimum atomic E-state index is -1.00. The second-order valence-electron chi connectivity index (χ2n) is 2.87. The molecule has 1 aromatic rings. The molecule has 6 nitrogen and oxygen atoms in total. The Bertz CT molecular complexity index is 387. The summed E-state index contributed by atoms with van der Waals surface area (Å²) in [6.07, 6.45) is 2.80. The molecule has 1 rings (SSSR count). The number of H-pyrrole nitrogens is 1. The molecule has 0 aliphatic rings. The quantitative estimate of drug-likeness (QED) is 0.693. The first-order chi connectivity index (χ1) is 6.54. The Labute approximate surface area is 80.2 Å². The highest BCUT2D eigenvalue weighted by atomic mass is 16.4. The van der Waals surface area contributed by atoms with Crippen LogP contribution in [0.15, 0.2) is 17.2 Å². The van der Waals surface area contributed by atoms with E-state index in [-0.39, 0.29) is 5.82 Å². The molecule has 0 fully saturated rings. The molecule has 0 saturated carbocycles. The van der Waals surface area contributed by atoms with Gasteiger partial charge in [-0.05, 0) is 6.92 Å². The van der Waals surface area contributed by atoms with E-state index in [1.807, 2.05) is 0 Å². The van der Waals surface area contributed by atoms with E-state index >= 15 is 0 Å². The number of rotatable bonds is 3. The average Bonchev–Trinajstić information content (AvgIpc) is 2.16. The number of aromatic amines is 1. The minimum Gasteiger partial charge on any atom is -0.480 e. The molecular weight excluding hydrogens is 186 g/mol. The highest BCUT2D eigenvalue weighted by molar-refractivity contribution is 5.76. The van der Waals surface area contributed by atoms with Crippen molar-refractivity contribution in [2.75, 3.05) is 11.9 Å². The molecule has 1 atom stereocenters. The van der Waals surface area contributed by atoms with Crippen molar-refractivity contribution >= 4 is 11.8 Å². The van der Waals surface area contributed by atoms with Gasteiger partial charge in [0.15, 0.2) is 5.82 Å². The molecule has 1 heterocycles. The first-order valence-electron chi connectivity index (χ1n) is 4.03. The molecule has 0 amide bonds. The topological polar surface area (TPSA) is 86.3 Å². The fourth-order valence-corrected chi connectivity index (χ4v) is 0.944. The van der Waals surface area contributed by atoms with Gasteiger partial charge in [-0.1, -0.05) is 0 Å². The summed E-state index contributed by atoms with van der Waals surface area (Å²) >= 11 is 0.